The predicted molar refractivity (Wildman–Crippen MR) is 116 cm³/mol. The van der Waals surface area contributed by atoms with Crippen LogP contribution in [0.15, 0.2) is 11.0 Å². The van der Waals surface area contributed by atoms with Crippen LogP contribution in [0.5, 0.6) is 11.5 Å². The number of esters is 1. The topological polar surface area (TPSA) is 113 Å². The summed E-state index contributed by atoms with van der Waals surface area (Å²) in [7, 11) is -5.84. The lowest BCUT2D eigenvalue weighted by molar-refractivity contribution is 0.0441. The lowest BCUT2D eigenvalue weighted by Crippen LogP contribution is -2.17. The maximum absolute atomic E-state index is 13.8. The minimum Gasteiger partial charge on any atom is -0.744 e. The number of benzene rings is 2. The summed E-state index contributed by atoms with van der Waals surface area (Å²) in [6.07, 6.45) is 0. The summed E-state index contributed by atoms with van der Waals surface area (Å²) in [5, 5.41) is 9.90. The summed E-state index contributed by atoms with van der Waals surface area (Å²) < 4.78 is 97.8. The number of phenols is 1. The summed E-state index contributed by atoms with van der Waals surface area (Å²) in [5.41, 5.74) is 0.0218. The Hall–Kier alpha value is -0.670. The van der Waals surface area contributed by atoms with Crippen LogP contribution < -0.4 is 4.74 Å². The van der Waals surface area contributed by atoms with Crippen LogP contribution in [-0.2, 0) is 14.9 Å². The van der Waals surface area contributed by atoms with Gasteiger partial charge in [-0.15, -0.1) is 0 Å². The third kappa shape index (κ3) is 5.21. The molecule has 2 rings (SSSR count). The first-order valence-corrected chi connectivity index (χ1v) is 11.9. The molecule has 0 aromatic heterocycles. The molecule has 0 atom stereocenters. The molecule has 7 nitrogen and oxygen atoms in total. The van der Waals surface area contributed by atoms with Crippen LogP contribution in [0.25, 0.3) is 0 Å². The average Bonchev–Trinajstić information content (AvgIpc) is 2.63. The highest BCUT2D eigenvalue weighted by atomic mass is 127. The number of carbonyl (C=O) groups is 1. The van der Waals surface area contributed by atoms with E-state index in [1.807, 2.05) is 45.2 Å². The van der Waals surface area contributed by atoms with E-state index in [2.05, 4.69) is 4.74 Å². The van der Waals surface area contributed by atoms with Crippen molar-refractivity contribution in [1.29, 1.82) is 0 Å². The number of phenolic OH excluding ortho intramolecular Hbond substituents is 1. The van der Waals surface area contributed by atoms with Gasteiger partial charge >= 0.3 is 5.97 Å². The molecule has 0 spiro atoms. The van der Waals surface area contributed by atoms with Gasteiger partial charge in [-0.25, -0.2) is 22.0 Å². The molecule has 0 aliphatic carbocycles. The fourth-order valence-corrected chi connectivity index (χ4v) is 6.48. The number of halogens is 7. The molecule has 0 aliphatic heterocycles. The number of aromatic hydroxyl groups is 1. The first kappa shape index (κ1) is 25.6. The Balaban J connectivity index is 2.16. The summed E-state index contributed by atoms with van der Waals surface area (Å²) >= 11 is 5.40. The van der Waals surface area contributed by atoms with Gasteiger partial charge in [-0.1, -0.05) is 0 Å². The van der Waals surface area contributed by atoms with Gasteiger partial charge in [0, 0.05) is 3.57 Å². The van der Waals surface area contributed by atoms with Gasteiger partial charge in [-0.05, 0) is 73.8 Å². The van der Waals surface area contributed by atoms with E-state index >= 15 is 0 Å². The zero-order valence-electron chi connectivity index (χ0n) is 13.9. The molecule has 164 valence electrons. The molecule has 2 aromatic rings. The van der Waals surface area contributed by atoms with Gasteiger partial charge < -0.3 is 19.1 Å². The molecule has 0 saturated heterocycles. The number of rotatable bonds is 6. The van der Waals surface area contributed by atoms with Crippen molar-refractivity contribution in [2.24, 2.45) is 0 Å². The molecule has 0 unspecified atom stereocenters. The van der Waals surface area contributed by atoms with E-state index in [1.165, 1.54) is 6.07 Å². The second-order valence-electron chi connectivity index (χ2n) is 5.23. The third-order valence-electron chi connectivity index (χ3n) is 3.35. The standard InChI is InChI=1S/C15H7F4I3O7S/c16-7-9(18)14(30(25,26)27)10(19)8(17)13(7)28-1-2-29-15(24)6-4(20)3-5(21)12(23)11(6)22/h3,23H,1-2H2,(H,25,26,27)/p-1. The molecular formula is C15H6F4I3O7S-. The van der Waals surface area contributed by atoms with Crippen LogP contribution in [-0.4, -0.2) is 37.3 Å². The fourth-order valence-electron chi connectivity index (χ4n) is 2.05. The van der Waals surface area contributed by atoms with Gasteiger partial charge in [0.2, 0.25) is 11.6 Å². The molecule has 0 bridgehead atoms. The van der Waals surface area contributed by atoms with E-state index in [0.717, 1.165) is 0 Å². The van der Waals surface area contributed by atoms with Crippen molar-refractivity contribution in [3.8, 4) is 11.5 Å². The number of hydrogen-bond acceptors (Lipinski definition) is 7. The van der Waals surface area contributed by atoms with Crippen LogP contribution in [0.2, 0.25) is 0 Å². The van der Waals surface area contributed by atoms with Crippen molar-refractivity contribution in [2.45, 2.75) is 4.90 Å². The summed E-state index contributed by atoms with van der Waals surface area (Å²) in [6.45, 7) is -1.40. The van der Waals surface area contributed by atoms with E-state index in [0.29, 0.717) is 7.14 Å². The van der Waals surface area contributed by atoms with E-state index < -0.39 is 63.2 Å². The number of carbonyl (C=O) groups excluding carboxylic acids is 1. The molecule has 1 N–H and O–H groups in total. The lowest BCUT2D eigenvalue weighted by Gasteiger charge is -2.15. The first-order chi connectivity index (χ1) is 13.8. The average molecular weight is 787 g/mol. The van der Waals surface area contributed by atoms with Gasteiger partial charge in [0.15, 0.2) is 17.4 Å². The zero-order chi connectivity index (χ0) is 23.0. The Kier molecular flexibility index (Phi) is 8.41. The molecule has 2 aromatic carbocycles. The van der Waals surface area contributed by atoms with Gasteiger partial charge in [-0.3, -0.25) is 0 Å². The quantitative estimate of drug-likeness (QED) is 0.118. The van der Waals surface area contributed by atoms with E-state index in [4.69, 9.17) is 4.74 Å². The molecule has 0 saturated carbocycles. The second kappa shape index (κ2) is 9.86. The van der Waals surface area contributed by atoms with E-state index in [-0.39, 0.29) is 14.9 Å². The summed E-state index contributed by atoms with van der Waals surface area (Å²) in [6, 6.07) is 1.51. The Morgan fingerprint density at radius 1 is 1.00 bits per heavy atom. The van der Waals surface area contributed by atoms with Crippen molar-refractivity contribution in [3.05, 3.63) is 45.6 Å². The normalized spacial score (nSPS) is 11.5. The van der Waals surface area contributed by atoms with Crippen LogP contribution in [0, 0.1) is 34.0 Å². The van der Waals surface area contributed by atoms with Crippen LogP contribution in [0.3, 0.4) is 0 Å². The van der Waals surface area contributed by atoms with Crippen molar-refractivity contribution in [2.75, 3.05) is 13.2 Å². The first-order valence-electron chi connectivity index (χ1n) is 7.27. The highest BCUT2D eigenvalue weighted by Crippen LogP contribution is 2.34. The Bertz CT molecular complexity index is 1110. The van der Waals surface area contributed by atoms with Crippen molar-refractivity contribution >= 4 is 83.9 Å². The van der Waals surface area contributed by atoms with Gasteiger partial charge in [0.25, 0.3) is 0 Å². The Labute approximate surface area is 207 Å². The van der Waals surface area contributed by atoms with Crippen LogP contribution >= 0.6 is 67.8 Å². The zero-order valence-corrected chi connectivity index (χ0v) is 21.2. The van der Waals surface area contributed by atoms with Crippen LogP contribution in [0.1, 0.15) is 10.4 Å². The predicted octanol–water partition coefficient (Wildman–Crippen LogP) is 3.90. The molecular weight excluding hydrogens is 781 g/mol. The van der Waals surface area contributed by atoms with Crippen LogP contribution in [0.4, 0.5) is 17.6 Å². The minimum atomic E-state index is -5.84. The smallest absolute Gasteiger partial charge is 0.340 e. The third-order valence-corrected chi connectivity index (χ3v) is 6.93. The monoisotopic (exact) mass is 787 g/mol. The minimum absolute atomic E-state index is 0.0218. The fraction of sp³-hybridized carbons (Fsp3) is 0.133. The Morgan fingerprint density at radius 2 is 1.53 bits per heavy atom. The molecule has 0 amide bonds. The second-order valence-corrected chi connectivity index (χ2v) is 9.95. The number of hydrogen-bond donors (Lipinski definition) is 1. The highest BCUT2D eigenvalue weighted by molar-refractivity contribution is 14.1. The largest absolute Gasteiger partial charge is 0.744 e. The molecule has 0 fully saturated rings. The summed E-state index contributed by atoms with van der Waals surface area (Å²) in [5.74, 6) is -12.0. The van der Waals surface area contributed by atoms with E-state index in [9.17, 15) is 40.4 Å². The van der Waals surface area contributed by atoms with Crippen molar-refractivity contribution < 1.29 is 49.9 Å². The highest BCUT2D eigenvalue weighted by Gasteiger charge is 2.30. The lowest BCUT2D eigenvalue weighted by atomic mass is 10.2. The Morgan fingerprint density at radius 3 is 2.03 bits per heavy atom. The van der Waals surface area contributed by atoms with E-state index in [1.54, 1.807) is 22.6 Å². The summed E-state index contributed by atoms with van der Waals surface area (Å²) in [4.78, 5) is 9.88. The molecule has 0 aliphatic rings. The maximum atomic E-state index is 13.8. The molecule has 30 heavy (non-hydrogen) atoms. The van der Waals surface area contributed by atoms with Gasteiger partial charge in [-0.2, -0.15) is 8.78 Å². The molecule has 15 heteroatoms. The molecule has 0 heterocycles. The van der Waals surface area contributed by atoms with Crippen molar-refractivity contribution in [3.63, 3.8) is 0 Å². The maximum Gasteiger partial charge on any atom is 0.340 e. The van der Waals surface area contributed by atoms with Crippen molar-refractivity contribution in [1.82, 2.24) is 0 Å². The van der Waals surface area contributed by atoms with Gasteiger partial charge in [0.1, 0.15) is 34.0 Å². The number of ether oxygens (including phenoxy) is 2. The SMILES string of the molecule is O=C(OCCOc1c(F)c(F)c(S(=O)(=O)[O-])c(F)c1F)c1c(I)cc(I)c(O)c1I. The molecule has 0 radical (unpaired) electrons. The van der Waals surface area contributed by atoms with Gasteiger partial charge in [0.05, 0.1) is 12.7 Å².